The summed E-state index contributed by atoms with van der Waals surface area (Å²) in [6.07, 6.45) is 0. The molecule has 0 aliphatic heterocycles. The van der Waals surface area contributed by atoms with Crippen LogP contribution < -0.4 is 4.90 Å². The molecule has 0 fully saturated rings. The average molecular weight is 360 g/mol. The van der Waals surface area contributed by atoms with Crippen LogP contribution in [0.15, 0.2) is 30.3 Å². The van der Waals surface area contributed by atoms with Crippen LogP contribution in [0.5, 0.6) is 0 Å². The molecule has 1 aromatic rings. The Bertz CT molecular complexity index is 675. The van der Waals surface area contributed by atoms with E-state index in [1.165, 1.54) is 11.8 Å². The fraction of sp³-hybridized carbons (Fsp3) is 0.500. The monoisotopic (exact) mass is 359 g/mol. The third-order valence-electron chi connectivity index (χ3n) is 3.76. The fourth-order valence-electron chi connectivity index (χ4n) is 2.69. The van der Waals surface area contributed by atoms with Crippen LogP contribution >= 0.6 is 0 Å². The summed E-state index contributed by atoms with van der Waals surface area (Å²) < 4.78 is 0. The van der Waals surface area contributed by atoms with Gasteiger partial charge in [0.15, 0.2) is 0 Å². The molecule has 0 saturated heterocycles. The number of amides is 1. The van der Waals surface area contributed by atoms with Crippen LogP contribution in [0.2, 0.25) is 19.6 Å². The van der Waals surface area contributed by atoms with Gasteiger partial charge in [0.05, 0.1) is 5.92 Å². The van der Waals surface area contributed by atoms with Gasteiger partial charge in [-0.25, -0.2) is 0 Å². The largest absolute Gasteiger partial charge is 0.481 e. The maximum atomic E-state index is 12.4. The molecule has 136 valence electrons. The highest BCUT2D eigenvalue weighted by Gasteiger charge is 2.42. The number of nitrogens with zero attached hydrogens (tertiary/aromatic N) is 1. The van der Waals surface area contributed by atoms with Crippen LogP contribution in [0.4, 0.5) is 5.69 Å². The van der Waals surface area contributed by atoms with Gasteiger partial charge in [-0.1, -0.05) is 64.5 Å². The predicted molar refractivity (Wildman–Crippen MR) is 105 cm³/mol. The number of hydrogen-bond acceptors (Lipinski definition) is 2. The number of carbonyl (C=O) groups excluding carboxylic acids is 1. The molecule has 0 aliphatic carbocycles. The molecule has 0 radical (unpaired) electrons. The molecule has 25 heavy (non-hydrogen) atoms. The smallest absolute Gasteiger partial charge is 0.310 e. The highest BCUT2D eigenvalue weighted by molar-refractivity contribution is 6.83. The number of carboxylic acid groups (broad SMARTS) is 1. The van der Waals surface area contributed by atoms with E-state index in [1.54, 1.807) is 0 Å². The van der Waals surface area contributed by atoms with Crippen LogP contribution in [0.1, 0.15) is 27.7 Å². The quantitative estimate of drug-likeness (QED) is 0.652. The summed E-state index contributed by atoms with van der Waals surface area (Å²) in [5.74, 6) is 1.21. The minimum atomic E-state index is -1.73. The van der Waals surface area contributed by atoms with E-state index < -0.39 is 31.4 Å². The van der Waals surface area contributed by atoms with Crippen molar-refractivity contribution in [2.45, 2.75) is 53.4 Å². The van der Waals surface area contributed by atoms with E-state index >= 15 is 0 Å². The molecular weight excluding hydrogens is 330 g/mol. The van der Waals surface area contributed by atoms with E-state index in [9.17, 15) is 14.7 Å². The van der Waals surface area contributed by atoms with Gasteiger partial charge in [-0.05, 0) is 17.5 Å². The first kappa shape index (κ1) is 21.0. The Balaban J connectivity index is 3.59. The van der Waals surface area contributed by atoms with Crippen LogP contribution in [-0.4, -0.2) is 31.1 Å². The van der Waals surface area contributed by atoms with Crippen LogP contribution in [0, 0.1) is 22.8 Å². The van der Waals surface area contributed by atoms with Crippen molar-refractivity contribution in [3.63, 3.8) is 0 Å². The molecule has 2 atom stereocenters. The standard InChI is InChI=1S/C20H29NO3Si/c1-15(22)21(16-11-9-8-10-12-16)17(13-14-25(5,6)7)18(19(23)24)20(2,3)4/h8-12,17-18H,1-7H3,(H,23,24). The third kappa shape index (κ3) is 6.06. The number of carboxylic acids is 1. The highest BCUT2D eigenvalue weighted by Crippen LogP contribution is 2.33. The summed E-state index contributed by atoms with van der Waals surface area (Å²) >= 11 is 0. The topological polar surface area (TPSA) is 57.6 Å². The molecular formula is C20H29NO3Si. The molecule has 1 aromatic carbocycles. The van der Waals surface area contributed by atoms with Gasteiger partial charge in [0.2, 0.25) is 5.91 Å². The lowest BCUT2D eigenvalue weighted by Crippen LogP contribution is -2.50. The average Bonchev–Trinajstić information content (AvgIpc) is 2.42. The number of carbonyl (C=O) groups is 2. The van der Waals surface area contributed by atoms with Crippen molar-refractivity contribution in [2.24, 2.45) is 11.3 Å². The Morgan fingerprint density at radius 2 is 1.64 bits per heavy atom. The number of para-hydroxylation sites is 1. The molecule has 1 amide bonds. The number of anilines is 1. The summed E-state index contributed by atoms with van der Waals surface area (Å²) in [7, 11) is -1.73. The minimum Gasteiger partial charge on any atom is -0.481 e. The first-order valence-electron chi connectivity index (χ1n) is 8.45. The lowest BCUT2D eigenvalue weighted by Gasteiger charge is -2.38. The predicted octanol–water partition coefficient (Wildman–Crippen LogP) is 4.04. The van der Waals surface area contributed by atoms with E-state index in [0.29, 0.717) is 5.69 Å². The van der Waals surface area contributed by atoms with Crippen LogP contribution in [0.25, 0.3) is 0 Å². The zero-order chi connectivity index (χ0) is 19.4. The summed E-state index contributed by atoms with van der Waals surface area (Å²) in [5, 5.41) is 9.89. The lowest BCUT2D eigenvalue weighted by atomic mass is 9.75. The summed E-state index contributed by atoms with van der Waals surface area (Å²) in [4.78, 5) is 26.0. The molecule has 0 aromatic heterocycles. The van der Waals surface area contributed by atoms with Gasteiger partial charge >= 0.3 is 5.97 Å². The van der Waals surface area contributed by atoms with Crippen molar-refractivity contribution < 1.29 is 14.7 Å². The van der Waals surface area contributed by atoms with Gasteiger partial charge in [0.25, 0.3) is 0 Å². The van der Waals surface area contributed by atoms with Crippen molar-refractivity contribution in [3.05, 3.63) is 30.3 Å². The molecule has 0 aliphatic rings. The van der Waals surface area contributed by atoms with E-state index in [-0.39, 0.29) is 5.91 Å². The van der Waals surface area contributed by atoms with E-state index in [0.717, 1.165) is 0 Å². The molecule has 0 bridgehead atoms. The Kier molecular flexibility index (Phi) is 6.61. The zero-order valence-electron chi connectivity index (χ0n) is 16.3. The Hall–Kier alpha value is -2.06. The Labute approximate surface area is 152 Å². The first-order chi connectivity index (χ1) is 11.3. The number of aliphatic carboxylic acids is 1. The lowest BCUT2D eigenvalue weighted by molar-refractivity contribution is -0.145. The summed E-state index contributed by atoms with van der Waals surface area (Å²) in [5.41, 5.74) is 3.38. The number of rotatable bonds is 4. The van der Waals surface area contributed by atoms with Crippen LogP contribution in [0.3, 0.4) is 0 Å². The Morgan fingerprint density at radius 1 is 1.12 bits per heavy atom. The number of hydrogen-bond donors (Lipinski definition) is 1. The molecule has 5 heteroatoms. The SMILES string of the molecule is CC(=O)N(c1ccccc1)C(C#C[Si](C)(C)C)C(C(=O)O)C(C)(C)C. The number of benzene rings is 1. The molecule has 0 spiro atoms. The van der Waals surface area contributed by atoms with Crippen molar-refractivity contribution in [3.8, 4) is 11.5 Å². The van der Waals surface area contributed by atoms with E-state index in [2.05, 4.69) is 31.1 Å². The second-order valence-electron chi connectivity index (χ2n) is 8.37. The molecule has 0 heterocycles. The van der Waals surface area contributed by atoms with Gasteiger partial charge in [-0.2, -0.15) is 0 Å². The normalized spacial score (nSPS) is 14.0. The second-order valence-corrected chi connectivity index (χ2v) is 13.1. The fourth-order valence-corrected chi connectivity index (χ4v) is 3.27. The zero-order valence-corrected chi connectivity index (χ0v) is 17.3. The summed E-state index contributed by atoms with van der Waals surface area (Å²) in [6, 6.07) is 8.44. The summed E-state index contributed by atoms with van der Waals surface area (Å²) in [6.45, 7) is 13.4. The van der Waals surface area contributed by atoms with Gasteiger partial charge in [0.1, 0.15) is 14.1 Å². The van der Waals surface area contributed by atoms with E-state index in [1.807, 2.05) is 51.1 Å². The first-order valence-corrected chi connectivity index (χ1v) is 11.9. The molecule has 1 N–H and O–H groups in total. The molecule has 0 saturated carbocycles. The van der Waals surface area contributed by atoms with Crippen molar-refractivity contribution >= 4 is 25.6 Å². The molecule has 1 rings (SSSR count). The third-order valence-corrected chi connectivity index (χ3v) is 4.66. The van der Waals surface area contributed by atoms with Crippen LogP contribution in [-0.2, 0) is 9.59 Å². The van der Waals surface area contributed by atoms with Crippen molar-refractivity contribution in [2.75, 3.05) is 4.90 Å². The van der Waals surface area contributed by atoms with Gasteiger partial charge in [0, 0.05) is 12.6 Å². The molecule has 2 unspecified atom stereocenters. The minimum absolute atomic E-state index is 0.212. The van der Waals surface area contributed by atoms with Crippen molar-refractivity contribution in [1.29, 1.82) is 0 Å². The molecule has 4 nitrogen and oxygen atoms in total. The second kappa shape index (κ2) is 7.88. The van der Waals surface area contributed by atoms with Crippen molar-refractivity contribution in [1.82, 2.24) is 0 Å². The van der Waals surface area contributed by atoms with Gasteiger partial charge < -0.3 is 5.11 Å². The highest BCUT2D eigenvalue weighted by atomic mass is 28.3. The van der Waals surface area contributed by atoms with Gasteiger partial charge in [-0.15, -0.1) is 5.54 Å². The van der Waals surface area contributed by atoms with E-state index in [4.69, 9.17) is 0 Å². The van der Waals surface area contributed by atoms with Gasteiger partial charge in [-0.3, -0.25) is 14.5 Å². The Morgan fingerprint density at radius 3 is 2.00 bits per heavy atom. The maximum absolute atomic E-state index is 12.4. The maximum Gasteiger partial charge on any atom is 0.310 e.